The molecule has 2 N–H and O–H groups in total. The number of carbonyl (C=O) groups is 2. The molecule has 0 fully saturated rings. The Bertz CT molecular complexity index is 888. The molecule has 0 unspecified atom stereocenters. The number of nitrogens with one attached hydrogen (secondary N) is 2. The van der Waals surface area contributed by atoms with Gasteiger partial charge >= 0.3 is 11.8 Å². The van der Waals surface area contributed by atoms with Crippen LogP contribution in [0.4, 0.5) is 0 Å². The van der Waals surface area contributed by atoms with Gasteiger partial charge in [-0.1, -0.05) is 29.3 Å². The number of amides is 2. The van der Waals surface area contributed by atoms with Crippen molar-refractivity contribution in [1.82, 2.24) is 15.3 Å². The zero-order valence-corrected chi connectivity index (χ0v) is 15.9. The maximum absolute atomic E-state index is 11.6. The Morgan fingerprint density at radius 1 is 1.19 bits per heavy atom. The zero-order chi connectivity index (χ0) is 19.3. The van der Waals surface area contributed by atoms with Crippen LogP contribution in [0.3, 0.4) is 0 Å². The molecule has 2 amide bonds. The third-order valence-corrected chi connectivity index (χ3v) is 4.35. The third-order valence-electron chi connectivity index (χ3n) is 3.61. The van der Waals surface area contributed by atoms with E-state index in [1.807, 2.05) is 30.5 Å². The first-order chi connectivity index (χ1) is 12.3. The summed E-state index contributed by atoms with van der Waals surface area (Å²) in [6.07, 6.45) is 2.96. The van der Waals surface area contributed by atoms with Crippen LogP contribution in [-0.2, 0) is 9.59 Å². The van der Waals surface area contributed by atoms with Gasteiger partial charge in [-0.05, 0) is 38.1 Å². The maximum Gasteiger partial charge on any atom is 0.329 e. The van der Waals surface area contributed by atoms with Crippen molar-refractivity contribution in [3.8, 4) is 5.69 Å². The van der Waals surface area contributed by atoms with E-state index in [0.717, 1.165) is 22.6 Å². The van der Waals surface area contributed by atoms with Gasteiger partial charge in [0.15, 0.2) is 0 Å². The van der Waals surface area contributed by atoms with Crippen LogP contribution in [0.25, 0.3) is 5.69 Å². The molecule has 0 bridgehead atoms. The predicted molar refractivity (Wildman–Crippen MR) is 104 cm³/mol. The summed E-state index contributed by atoms with van der Waals surface area (Å²) in [5.74, 6) is -1.62. The van der Waals surface area contributed by atoms with Crippen LogP contribution in [-0.4, -0.2) is 29.1 Å². The number of halogens is 2. The number of hydrogen-bond donors (Lipinski definition) is 2. The molecular weight excluding hydrogens is 375 g/mol. The fraction of sp³-hybridized carbons (Fsp3) is 0.167. The second kappa shape index (κ2) is 8.69. The summed E-state index contributed by atoms with van der Waals surface area (Å²) in [6, 6.07) is 7.27. The van der Waals surface area contributed by atoms with Gasteiger partial charge in [-0.2, -0.15) is 5.10 Å². The highest BCUT2D eigenvalue weighted by Gasteiger charge is 2.12. The Balaban J connectivity index is 2.17. The highest BCUT2D eigenvalue weighted by molar-refractivity contribution is 6.42. The number of nitrogens with zero attached hydrogens (tertiary/aromatic N) is 2. The first-order valence-corrected chi connectivity index (χ1v) is 8.47. The molecule has 1 aromatic heterocycles. The van der Waals surface area contributed by atoms with E-state index in [2.05, 4.69) is 22.4 Å². The van der Waals surface area contributed by atoms with Crippen molar-refractivity contribution >= 4 is 41.2 Å². The highest BCUT2D eigenvalue weighted by Crippen LogP contribution is 2.27. The lowest BCUT2D eigenvalue weighted by Crippen LogP contribution is -2.37. The Morgan fingerprint density at radius 3 is 2.58 bits per heavy atom. The average molecular weight is 393 g/mol. The number of hydrogen-bond acceptors (Lipinski definition) is 3. The summed E-state index contributed by atoms with van der Waals surface area (Å²) in [4.78, 5) is 23.0. The van der Waals surface area contributed by atoms with Crippen LogP contribution in [0.2, 0.25) is 10.0 Å². The van der Waals surface area contributed by atoms with Crippen molar-refractivity contribution in [3.05, 3.63) is 63.9 Å². The summed E-state index contributed by atoms with van der Waals surface area (Å²) in [5, 5.41) is 7.15. The normalized spacial score (nSPS) is 10.8. The van der Waals surface area contributed by atoms with E-state index in [1.165, 1.54) is 12.3 Å². The molecule has 26 heavy (non-hydrogen) atoms. The summed E-state index contributed by atoms with van der Waals surface area (Å²) in [6.45, 7) is 7.52. The summed E-state index contributed by atoms with van der Waals surface area (Å²) >= 11 is 12.1. The van der Waals surface area contributed by atoms with Crippen molar-refractivity contribution < 1.29 is 9.59 Å². The number of aryl methyl sites for hydroxylation is 1. The Hall–Kier alpha value is -2.57. The summed E-state index contributed by atoms with van der Waals surface area (Å²) in [5.41, 5.74) is 5.70. The first-order valence-electron chi connectivity index (χ1n) is 7.71. The maximum atomic E-state index is 11.6. The lowest BCUT2D eigenvalue weighted by molar-refractivity contribution is -0.139. The van der Waals surface area contributed by atoms with Gasteiger partial charge in [0.25, 0.3) is 0 Å². The molecule has 136 valence electrons. The van der Waals surface area contributed by atoms with Gasteiger partial charge in [0.05, 0.1) is 16.3 Å². The number of aromatic nitrogens is 1. The number of benzene rings is 1. The average Bonchev–Trinajstić information content (AvgIpc) is 2.89. The Kier molecular flexibility index (Phi) is 6.60. The summed E-state index contributed by atoms with van der Waals surface area (Å²) < 4.78 is 1.99. The molecule has 1 aromatic carbocycles. The van der Waals surface area contributed by atoms with Gasteiger partial charge in [0.1, 0.15) is 0 Å². The fourth-order valence-electron chi connectivity index (χ4n) is 2.40. The molecule has 6 nitrogen and oxygen atoms in total. The SMILES string of the molecule is C=CCNC(=O)C(=O)N/N=C\c1cc(C)n(-c2ccc(Cl)c(Cl)c2)c1C. The second-order valence-corrected chi connectivity index (χ2v) is 6.27. The van der Waals surface area contributed by atoms with Gasteiger partial charge in [-0.3, -0.25) is 9.59 Å². The van der Waals surface area contributed by atoms with E-state index in [1.54, 1.807) is 12.1 Å². The molecule has 1 heterocycles. The van der Waals surface area contributed by atoms with E-state index in [9.17, 15) is 9.59 Å². The van der Waals surface area contributed by atoms with Crippen molar-refractivity contribution in [2.45, 2.75) is 13.8 Å². The van der Waals surface area contributed by atoms with Crippen molar-refractivity contribution in [1.29, 1.82) is 0 Å². The van der Waals surface area contributed by atoms with Gasteiger partial charge in [-0.15, -0.1) is 6.58 Å². The van der Waals surface area contributed by atoms with E-state index < -0.39 is 11.8 Å². The Morgan fingerprint density at radius 2 is 1.92 bits per heavy atom. The van der Waals surface area contributed by atoms with Crippen LogP contribution in [0.5, 0.6) is 0 Å². The Labute approximate surface area is 161 Å². The van der Waals surface area contributed by atoms with E-state index in [-0.39, 0.29) is 6.54 Å². The quantitative estimate of drug-likeness (QED) is 0.355. The minimum absolute atomic E-state index is 0.209. The second-order valence-electron chi connectivity index (χ2n) is 5.46. The van der Waals surface area contributed by atoms with E-state index in [4.69, 9.17) is 23.2 Å². The topological polar surface area (TPSA) is 75.5 Å². The molecule has 8 heteroatoms. The monoisotopic (exact) mass is 392 g/mol. The van der Waals surface area contributed by atoms with Gasteiger partial charge < -0.3 is 9.88 Å². The molecule has 0 aliphatic carbocycles. The molecular formula is C18H18Cl2N4O2. The minimum atomic E-state index is -0.846. The molecule has 0 saturated heterocycles. The van der Waals surface area contributed by atoms with E-state index >= 15 is 0 Å². The minimum Gasteiger partial charge on any atom is -0.344 e. The fourth-order valence-corrected chi connectivity index (χ4v) is 2.69. The van der Waals surface area contributed by atoms with Crippen LogP contribution in [0.1, 0.15) is 17.0 Å². The zero-order valence-electron chi connectivity index (χ0n) is 14.3. The van der Waals surface area contributed by atoms with Crippen LogP contribution < -0.4 is 10.7 Å². The summed E-state index contributed by atoms with van der Waals surface area (Å²) in [7, 11) is 0. The van der Waals surface area contributed by atoms with Crippen LogP contribution in [0, 0.1) is 13.8 Å². The smallest absolute Gasteiger partial charge is 0.329 e. The lowest BCUT2D eigenvalue weighted by atomic mass is 10.2. The van der Waals surface area contributed by atoms with Crippen molar-refractivity contribution in [3.63, 3.8) is 0 Å². The number of carbonyl (C=O) groups excluding carboxylic acids is 2. The van der Waals surface area contributed by atoms with E-state index in [0.29, 0.717) is 10.0 Å². The van der Waals surface area contributed by atoms with Crippen LogP contribution >= 0.6 is 23.2 Å². The molecule has 2 aromatic rings. The molecule has 0 radical (unpaired) electrons. The number of rotatable bonds is 5. The standard InChI is InChI=1S/C18H18Cl2N4O2/c1-4-7-21-17(25)18(26)23-22-10-13-8-11(2)24(12(13)3)14-5-6-15(19)16(20)9-14/h4-6,8-10H,1,7H2,2-3H3,(H,21,25)(H,23,26)/b22-10-. The van der Waals surface area contributed by atoms with Crippen LogP contribution in [0.15, 0.2) is 42.0 Å². The molecule has 0 atom stereocenters. The number of hydrazone groups is 1. The molecule has 0 saturated carbocycles. The molecule has 0 aliphatic heterocycles. The predicted octanol–water partition coefficient (Wildman–Crippen LogP) is 3.15. The van der Waals surface area contributed by atoms with Gasteiger partial charge in [0.2, 0.25) is 0 Å². The third kappa shape index (κ3) is 4.53. The van der Waals surface area contributed by atoms with Gasteiger partial charge in [-0.25, -0.2) is 5.43 Å². The van der Waals surface area contributed by atoms with Gasteiger partial charge in [0, 0.05) is 29.2 Å². The van der Waals surface area contributed by atoms with Crippen molar-refractivity contribution in [2.24, 2.45) is 5.10 Å². The molecule has 0 aliphatic rings. The lowest BCUT2D eigenvalue weighted by Gasteiger charge is -2.10. The largest absolute Gasteiger partial charge is 0.344 e. The first kappa shape index (κ1) is 19.8. The molecule has 2 rings (SSSR count). The molecule has 0 spiro atoms. The van der Waals surface area contributed by atoms with Crippen molar-refractivity contribution in [2.75, 3.05) is 6.54 Å². The highest BCUT2D eigenvalue weighted by atomic mass is 35.5.